The number of anilines is 1. The van der Waals surface area contributed by atoms with Gasteiger partial charge in [-0.2, -0.15) is 5.26 Å². The number of alkyl halides is 3. The number of nitrogens with two attached hydrogens (primary N) is 1. The molecule has 1 aromatic heterocycles. The molecule has 2 heterocycles. The third-order valence-corrected chi connectivity index (χ3v) is 6.01. The van der Waals surface area contributed by atoms with E-state index in [2.05, 4.69) is 26.7 Å². The van der Waals surface area contributed by atoms with Crippen molar-refractivity contribution in [2.45, 2.75) is 39.0 Å². The van der Waals surface area contributed by atoms with Gasteiger partial charge >= 0.3 is 6.36 Å². The summed E-state index contributed by atoms with van der Waals surface area (Å²) in [7, 11) is 0. The van der Waals surface area contributed by atoms with E-state index in [0.717, 1.165) is 12.1 Å². The van der Waals surface area contributed by atoms with Gasteiger partial charge in [-0.3, -0.25) is 9.69 Å². The number of nitriles is 1. The van der Waals surface area contributed by atoms with Crippen LogP contribution in [0.5, 0.6) is 5.75 Å². The maximum Gasteiger partial charge on any atom is 0.573 e. The Labute approximate surface area is 196 Å². The van der Waals surface area contributed by atoms with Crippen LogP contribution in [0.3, 0.4) is 0 Å². The van der Waals surface area contributed by atoms with Crippen LogP contribution in [0.1, 0.15) is 38.4 Å². The van der Waals surface area contributed by atoms with Crippen LogP contribution in [0, 0.1) is 16.7 Å². The van der Waals surface area contributed by atoms with E-state index in [-0.39, 0.29) is 34.8 Å². The highest BCUT2D eigenvalue weighted by Gasteiger charge is 2.45. The zero-order valence-corrected chi connectivity index (χ0v) is 19.3. The second kappa shape index (κ2) is 7.99. The van der Waals surface area contributed by atoms with E-state index in [1.807, 2.05) is 13.8 Å². The minimum absolute atomic E-state index is 0.0868. The van der Waals surface area contributed by atoms with Crippen molar-refractivity contribution in [3.05, 3.63) is 69.5 Å². The molecule has 172 valence electrons. The smallest absolute Gasteiger partial charge is 0.453 e. The van der Waals surface area contributed by atoms with Crippen molar-refractivity contribution in [1.29, 1.82) is 5.26 Å². The van der Waals surface area contributed by atoms with Gasteiger partial charge < -0.3 is 14.9 Å². The summed E-state index contributed by atoms with van der Waals surface area (Å²) in [5.74, 6) is -0.816. The highest BCUT2D eigenvalue weighted by atomic mass is 79.9. The first-order chi connectivity index (χ1) is 15.4. The summed E-state index contributed by atoms with van der Waals surface area (Å²) in [6.45, 7) is 3.90. The van der Waals surface area contributed by atoms with E-state index in [1.54, 1.807) is 17.0 Å². The van der Waals surface area contributed by atoms with Crippen molar-refractivity contribution in [2.24, 2.45) is 11.1 Å². The fourth-order valence-corrected chi connectivity index (χ4v) is 4.69. The number of rotatable bonds is 3. The lowest BCUT2D eigenvalue weighted by atomic mass is 9.69. The molecule has 0 spiro atoms. The van der Waals surface area contributed by atoms with Gasteiger partial charge in [0.15, 0.2) is 10.5 Å². The Morgan fingerprint density at radius 2 is 1.88 bits per heavy atom. The standard InChI is InChI=1S/C23H19BrF3N3O3/c1-22(2)9-15-20(16(31)10-22)19(17-7-8-18(24)32-17)14(11-28)21(29)30(15)12-3-5-13(6-4-12)33-23(25,26)27/h3-8,19H,9-10,29H2,1-2H3. The van der Waals surface area contributed by atoms with Crippen molar-refractivity contribution in [1.82, 2.24) is 0 Å². The lowest BCUT2D eigenvalue weighted by Crippen LogP contribution is -2.42. The molecule has 2 N–H and O–H groups in total. The highest BCUT2D eigenvalue weighted by molar-refractivity contribution is 9.10. The molecule has 1 unspecified atom stereocenters. The molecule has 1 atom stereocenters. The predicted molar refractivity (Wildman–Crippen MR) is 117 cm³/mol. The molecule has 0 amide bonds. The monoisotopic (exact) mass is 521 g/mol. The zero-order chi connectivity index (χ0) is 24.1. The first kappa shape index (κ1) is 23.0. The highest BCUT2D eigenvalue weighted by Crippen LogP contribution is 2.50. The SMILES string of the molecule is CC1(C)CC(=O)C2=C(C1)N(c1ccc(OC(F)(F)F)cc1)C(N)=C(C#N)C2c1ccc(Br)o1. The first-order valence-electron chi connectivity index (χ1n) is 9.97. The zero-order valence-electron chi connectivity index (χ0n) is 17.7. The number of allylic oxidation sites excluding steroid dienone is 3. The molecular weight excluding hydrogens is 503 g/mol. The number of furan rings is 1. The summed E-state index contributed by atoms with van der Waals surface area (Å²) >= 11 is 3.25. The number of nitrogens with zero attached hydrogens (tertiary/aromatic N) is 2. The van der Waals surface area contributed by atoms with Crippen LogP contribution < -0.4 is 15.4 Å². The van der Waals surface area contributed by atoms with Crippen LogP contribution in [0.25, 0.3) is 0 Å². The third-order valence-electron chi connectivity index (χ3n) is 5.59. The van der Waals surface area contributed by atoms with Gasteiger partial charge in [-0.15, -0.1) is 13.2 Å². The Kier molecular flexibility index (Phi) is 5.56. The molecule has 1 aromatic carbocycles. The van der Waals surface area contributed by atoms with Gasteiger partial charge in [0.05, 0.1) is 17.6 Å². The molecule has 1 aliphatic carbocycles. The minimum Gasteiger partial charge on any atom is -0.453 e. The maximum absolute atomic E-state index is 13.3. The van der Waals surface area contributed by atoms with Gasteiger partial charge in [0, 0.05) is 23.4 Å². The quantitative estimate of drug-likeness (QED) is 0.541. The van der Waals surface area contributed by atoms with Crippen LogP contribution in [0.2, 0.25) is 0 Å². The number of halogens is 4. The van der Waals surface area contributed by atoms with E-state index < -0.39 is 12.3 Å². The van der Waals surface area contributed by atoms with E-state index >= 15 is 0 Å². The van der Waals surface area contributed by atoms with Gasteiger partial charge in [-0.25, -0.2) is 0 Å². The average Bonchev–Trinajstić information content (AvgIpc) is 3.12. The van der Waals surface area contributed by atoms with Gasteiger partial charge in [0.25, 0.3) is 0 Å². The Bertz CT molecular complexity index is 1220. The molecule has 33 heavy (non-hydrogen) atoms. The fraction of sp³-hybridized carbons (Fsp3) is 0.304. The molecule has 6 nitrogen and oxygen atoms in total. The summed E-state index contributed by atoms with van der Waals surface area (Å²) in [6, 6.07) is 10.6. The predicted octanol–water partition coefficient (Wildman–Crippen LogP) is 5.88. The third kappa shape index (κ3) is 4.37. The number of ketones is 1. The normalized spacial score (nSPS) is 20.6. The van der Waals surface area contributed by atoms with Crippen LogP contribution in [-0.2, 0) is 4.79 Å². The minimum atomic E-state index is -4.82. The van der Waals surface area contributed by atoms with Gasteiger partial charge in [-0.05, 0) is 64.2 Å². The number of carbonyl (C=O) groups is 1. The Morgan fingerprint density at radius 1 is 1.21 bits per heavy atom. The molecule has 10 heteroatoms. The second-order valence-corrected chi connectivity index (χ2v) is 9.45. The Balaban J connectivity index is 1.88. The van der Waals surface area contributed by atoms with Crippen LogP contribution in [-0.4, -0.2) is 12.1 Å². The molecular formula is C23H19BrF3N3O3. The van der Waals surface area contributed by atoms with Crippen molar-refractivity contribution < 1.29 is 27.1 Å². The van der Waals surface area contributed by atoms with Crippen molar-refractivity contribution in [3.63, 3.8) is 0 Å². The van der Waals surface area contributed by atoms with E-state index in [0.29, 0.717) is 33.8 Å². The van der Waals surface area contributed by atoms with E-state index in [1.165, 1.54) is 12.1 Å². The molecule has 0 fully saturated rings. The van der Waals surface area contributed by atoms with Gasteiger partial charge in [0.2, 0.25) is 0 Å². The number of Topliss-reactive ketones (excluding diaryl/α,β-unsaturated/α-hetero) is 1. The molecule has 2 aliphatic rings. The van der Waals surface area contributed by atoms with Crippen LogP contribution >= 0.6 is 15.9 Å². The molecule has 0 bridgehead atoms. The van der Waals surface area contributed by atoms with Crippen molar-refractivity contribution in [3.8, 4) is 11.8 Å². The summed E-state index contributed by atoms with van der Waals surface area (Å²) in [5, 5.41) is 9.97. The van der Waals surface area contributed by atoms with Crippen molar-refractivity contribution >= 4 is 27.4 Å². The summed E-state index contributed by atoms with van der Waals surface area (Å²) in [4.78, 5) is 14.9. The molecule has 1 aliphatic heterocycles. The van der Waals surface area contributed by atoms with E-state index in [9.17, 15) is 23.2 Å². The van der Waals surface area contributed by atoms with Crippen molar-refractivity contribution in [2.75, 3.05) is 4.90 Å². The molecule has 2 aromatic rings. The number of hydrogen-bond acceptors (Lipinski definition) is 6. The molecule has 0 saturated carbocycles. The number of hydrogen-bond donors (Lipinski definition) is 1. The largest absolute Gasteiger partial charge is 0.573 e. The maximum atomic E-state index is 13.3. The van der Waals surface area contributed by atoms with Gasteiger partial charge in [-0.1, -0.05) is 13.8 Å². The topological polar surface area (TPSA) is 92.5 Å². The molecule has 4 rings (SSSR count). The van der Waals surface area contributed by atoms with E-state index in [4.69, 9.17) is 10.2 Å². The molecule has 0 saturated heterocycles. The number of ether oxygens (including phenoxy) is 1. The van der Waals surface area contributed by atoms with Crippen LogP contribution in [0.15, 0.2) is 68.1 Å². The summed E-state index contributed by atoms with van der Waals surface area (Å²) in [6.07, 6.45) is -4.08. The fourth-order valence-electron chi connectivity index (χ4n) is 4.37. The summed E-state index contributed by atoms with van der Waals surface area (Å²) < 4.78 is 47.8. The Morgan fingerprint density at radius 3 is 2.42 bits per heavy atom. The molecule has 0 radical (unpaired) electrons. The first-order valence-corrected chi connectivity index (χ1v) is 10.8. The lowest BCUT2D eigenvalue weighted by molar-refractivity contribution is -0.274. The summed E-state index contributed by atoms with van der Waals surface area (Å²) in [5.41, 5.74) is 7.60. The lowest BCUT2D eigenvalue weighted by Gasteiger charge is -2.43. The second-order valence-electron chi connectivity index (χ2n) is 8.66. The number of carbonyl (C=O) groups excluding carboxylic acids is 1. The average molecular weight is 522 g/mol. The number of benzene rings is 1. The Hall–Kier alpha value is -3.19. The van der Waals surface area contributed by atoms with Gasteiger partial charge in [0.1, 0.15) is 17.3 Å². The van der Waals surface area contributed by atoms with Crippen LogP contribution in [0.4, 0.5) is 18.9 Å².